The van der Waals surface area contributed by atoms with Gasteiger partial charge in [0.25, 0.3) is 5.91 Å². The van der Waals surface area contributed by atoms with Gasteiger partial charge in [0, 0.05) is 11.6 Å². The quantitative estimate of drug-likeness (QED) is 0.472. The number of benzene rings is 2. The van der Waals surface area contributed by atoms with E-state index >= 15 is 4.39 Å². The van der Waals surface area contributed by atoms with E-state index in [-0.39, 0.29) is 36.3 Å². The summed E-state index contributed by atoms with van der Waals surface area (Å²) in [7, 11) is 1.35. The molecule has 34 heavy (non-hydrogen) atoms. The molecule has 1 aliphatic heterocycles. The lowest BCUT2D eigenvalue weighted by atomic mass is 10.1. The molecule has 0 radical (unpaired) electrons. The van der Waals surface area contributed by atoms with Gasteiger partial charge in [0.05, 0.1) is 43.2 Å². The van der Waals surface area contributed by atoms with Gasteiger partial charge in [-0.25, -0.2) is 9.37 Å². The summed E-state index contributed by atoms with van der Waals surface area (Å²) in [6.45, 7) is 4.17. The van der Waals surface area contributed by atoms with Gasteiger partial charge in [0.15, 0.2) is 11.6 Å². The van der Waals surface area contributed by atoms with Crippen LogP contribution in [-0.2, 0) is 4.74 Å². The van der Waals surface area contributed by atoms with Crippen LogP contribution >= 0.6 is 11.6 Å². The topological polar surface area (TPSA) is 98.2 Å². The molecule has 1 aliphatic rings. The number of nitrogens with zero attached hydrogens (tertiary/aromatic N) is 5. The number of fused-ring (bicyclic) bond motifs is 1. The van der Waals surface area contributed by atoms with E-state index in [1.54, 1.807) is 17.0 Å². The molecule has 4 aromatic rings. The molecule has 1 N–H and O–H groups in total. The number of imidazole rings is 1. The van der Waals surface area contributed by atoms with Gasteiger partial charge in [-0.15, -0.1) is 0 Å². The maximum absolute atomic E-state index is 15.5. The van der Waals surface area contributed by atoms with Crippen LogP contribution in [0.3, 0.4) is 0 Å². The number of rotatable bonds is 4. The summed E-state index contributed by atoms with van der Waals surface area (Å²) in [4.78, 5) is 24.7. The third-order valence-corrected chi connectivity index (χ3v) is 6.37. The Bertz CT molecular complexity index is 1370. The summed E-state index contributed by atoms with van der Waals surface area (Å²) in [6.07, 6.45) is 2.66. The van der Waals surface area contributed by atoms with Gasteiger partial charge in [-0.1, -0.05) is 11.6 Å². The maximum atomic E-state index is 15.5. The molecule has 1 fully saturated rings. The number of aromatic amines is 1. The molecule has 0 saturated carbocycles. The zero-order chi connectivity index (χ0) is 24.0. The highest BCUT2D eigenvalue weighted by atomic mass is 35.5. The minimum atomic E-state index is -0.785. The van der Waals surface area contributed by atoms with E-state index in [0.29, 0.717) is 16.4 Å². The molecule has 11 heteroatoms. The fourth-order valence-corrected chi connectivity index (χ4v) is 4.33. The molecule has 2 aromatic heterocycles. The molecular formula is C23H22ClFN6O3. The standard InChI is InChI=1S/C23H22ClFN6O3/c1-12-10-30(17(11-34-12)22-28-15-5-4-14(24)13(2)21(15)29-22)23(32)19-16(31-26-8-9-27-31)6-7-18(33-3)20(19)25/h4-9,12,17H,10-11H2,1-3H3,(H,28,29)/t12-,17-/m0/s1. The van der Waals surface area contributed by atoms with E-state index in [0.717, 1.165) is 11.1 Å². The maximum Gasteiger partial charge on any atom is 0.260 e. The zero-order valence-electron chi connectivity index (χ0n) is 18.7. The van der Waals surface area contributed by atoms with E-state index in [4.69, 9.17) is 26.1 Å². The number of aryl methyl sites for hydroxylation is 1. The lowest BCUT2D eigenvalue weighted by Gasteiger charge is -2.38. The van der Waals surface area contributed by atoms with Crippen molar-refractivity contribution >= 4 is 28.5 Å². The number of aromatic nitrogens is 5. The monoisotopic (exact) mass is 484 g/mol. The highest BCUT2D eigenvalue weighted by molar-refractivity contribution is 6.32. The van der Waals surface area contributed by atoms with E-state index in [1.807, 2.05) is 19.9 Å². The first-order chi connectivity index (χ1) is 16.4. The van der Waals surface area contributed by atoms with Crippen LogP contribution in [-0.4, -0.2) is 62.1 Å². The average molecular weight is 485 g/mol. The minimum absolute atomic E-state index is 0.0499. The average Bonchev–Trinajstić information content (AvgIpc) is 3.51. The lowest BCUT2D eigenvalue weighted by molar-refractivity contribution is -0.0468. The van der Waals surface area contributed by atoms with Crippen molar-refractivity contribution in [3.63, 3.8) is 0 Å². The number of morpholine rings is 1. The number of amides is 1. The van der Waals surface area contributed by atoms with Crippen LogP contribution < -0.4 is 4.74 Å². The van der Waals surface area contributed by atoms with Crippen LogP contribution in [0.4, 0.5) is 4.39 Å². The van der Waals surface area contributed by atoms with E-state index in [9.17, 15) is 4.79 Å². The second-order valence-electron chi connectivity index (χ2n) is 8.10. The Kier molecular flexibility index (Phi) is 5.70. The highest BCUT2D eigenvalue weighted by Gasteiger charge is 2.37. The Hall–Kier alpha value is -3.50. The fraction of sp³-hybridized carbons (Fsp3) is 0.304. The molecule has 3 heterocycles. The second kappa shape index (κ2) is 8.69. The minimum Gasteiger partial charge on any atom is -0.494 e. The molecule has 1 amide bonds. The first kappa shape index (κ1) is 22.3. The normalized spacial score (nSPS) is 18.4. The number of halogens is 2. The van der Waals surface area contributed by atoms with Crippen molar-refractivity contribution < 1.29 is 18.7 Å². The van der Waals surface area contributed by atoms with Crippen molar-refractivity contribution in [2.24, 2.45) is 0 Å². The Balaban J connectivity index is 1.62. The summed E-state index contributed by atoms with van der Waals surface area (Å²) >= 11 is 6.26. The van der Waals surface area contributed by atoms with Gasteiger partial charge in [-0.05, 0) is 43.7 Å². The first-order valence-corrected chi connectivity index (χ1v) is 11.1. The molecule has 0 unspecified atom stereocenters. The van der Waals surface area contributed by atoms with Crippen molar-refractivity contribution in [1.82, 2.24) is 29.9 Å². The van der Waals surface area contributed by atoms with Gasteiger partial charge < -0.3 is 19.4 Å². The molecule has 0 spiro atoms. The molecule has 9 nitrogen and oxygen atoms in total. The highest BCUT2D eigenvalue weighted by Crippen LogP contribution is 2.33. The molecule has 5 rings (SSSR count). The van der Waals surface area contributed by atoms with E-state index in [1.165, 1.54) is 30.4 Å². The van der Waals surface area contributed by atoms with Gasteiger partial charge in [0.2, 0.25) is 0 Å². The number of ether oxygens (including phenoxy) is 2. The van der Waals surface area contributed by atoms with Crippen LogP contribution in [0.5, 0.6) is 5.75 Å². The zero-order valence-corrected chi connectivity index (χ0v) is 19.5. The molecule has 0 bridgehead atoms. The van der Waals surface area contributed by atoms with Crippen LogP contribution in [0.1, 0.15) is 34.7 Å². The molecule has 2 aromatic carbocycles. The van der Waals surface area contributed by atoms with E-state index in [2.05, 4.69) is 15.2 Å². The van der Waals surface area contributed by atoms with Crippen molar-refractivity contribution in [2.75, 3.05) is 20.3 Å². The number of nitrogens with one attached hydrogen (secondary N) is 1. The predicted octanol–water partition coefficient (Wildman–Crippen LogP) is 3.86. The molecule has 1 saturated heterocycles. The summed E-state index contributed by atoms with van der Waals surface area (Å²) in [5.41, 5.74) is 2.35. The van der Waals surface area contributed by atoms with Crippen LogP contribution in [0, 0.1) is 12.7 Å². The largest absolute Gasteiger partial charge is 0.494 e. The summed E-state index contributed by atoms with van der Waals surface area (Å²) in [6, 6.07) is 6.05. The Morgan fingerprint density at radius 2 is 2.03 bits per heavy atom. The SMILES string of the molecule is COc1ccc(-n2nccn2)c(C(=O)N2C[C@H](C)OC[C@H]2c2nc3c(C)c(Cl)ccc3[nH]2)c1F. The first-order valence-electron chi connectivity index (χ1n) is 10.7. The predicted molar refractivity (Wildman–Crippen MR) is 123 cm³/mol. The number of hydrogen-bond acceptors (Lipinski definition) is 6. The molecule has 2 atom stereocenters. The van der Waals surface area contributed by atoms with Gasteiger partial charge >= 0.3 is 0 Å². The van der Waals surface area contributed by atoms with Crippen molar-refractivity contribution in [1.29, 1.82) is 0 Å². The summed E-state index contributed by atoms with van der Waals surface area (Å²) < 4.78 is 26.5. The van der Waals surface area contributed by atoms with Gasteiger partial charge in [0.1, 0.15) is 23.1 Å². The fourth-order valence-electron chi connectivity index (χ4n) is 4.18. The molecule has 176 valence electrons. The third kappa shape index (κ3) is 3.68. The van der Waals surface area contributed by atoms with Crippen LogP contribution in [0.25, 0.3) is 16.7 Å². The Morgan fingerprint density at radius 1 is 1.26 bits per heavy atom. The van der Waals surface area contributed by atoms with Crippen LogP contribution in [0.2, 0.25) is 5.02 Å². The number of hydrogen-bond donors (Lipinski definition) is 1. The Morgan fingerprint density at radius 3 is 2.76 bits per heavy atom. The van der Waals surface area contributed by atoms with Crippen LogP contribution in [0.15, 0.2) is 36.7 Å². The van der Waals surface area contributed by atoms with Crippen molar-refractivity contribution in [3.05, 3.63) is 64.5 Å². The van der Waals surface area contributed by atoms with Gasteiger partial charge in [-0.2, -0.15) is 15.0 Å². The second-order valence-corrected chi connectivity index (χ2v) is 8.51. The van der Waals surface area contributed by atoms with E-state index < -0.39 is 17.8 Å². The van der Waals surface area contributed by atoms with Crippen molar-refractivity contribution in [2.45, 2.75) is 26.0 Å². The smallest absolute Gasteiger partial charge is 0.260 e. The summed E-state index contributed by atoms with van der Waals surface area (Å²) in [5.74, 6) is -0.847. The lowest BCUT2D eigenvalue weighted by Crippen LogP contribution is -2.47. The Labute approximate surface area is 199 Å². The number of H-pyrrole nitrogens is 1. The number of carbonyl (C=O) groups excluding carboxylic acids is 1. The molecule has 0 aliphatic carbocycles. The summed E-state index contributed by atoms with van der Waals surface area (Å²) in [5, 5.41) is 8.76. The molecular weight excluding hydrogens is 463 g/mol. The van der Waals surface area contributed by atoms with Gasteiger partial charge in [-0.3, -0.25) is 4.79 Å². The third-order valence-electron chi connectivity index (χ3n) is 5.96. The van der Waals surface area contributed by atoms with Crippen molar-refractivity contribution in [3.8, 4) is 11.4 Å². The number of methoxy groups -OCH3 is 1. The number of carbonyl (C=O) groups is 1.